The van der Waals surface area contributed by atoms with E-state index < -0.39 is 6.04 Å². The average Bonchev–Trinajstić information content (AvgIpc) is 2.72. The smallest absolute Gasteiger partial charge is 0.251 e. The molecule has 156 valence electrons. The minimum Gasteiger partial charge on any atom is -0.497 e. The Balaban J connectivity index is 2.06. The fourth-order valence-corrected chi connectivity index (χ4v) is 2.93. The van der Waals surface area contributed by atoms with Crippen molar-refractivity contribution in [3.63, 3.8) is 0 Å². The summed E-state index contributed by atoms with van der Waals surface area (Å²) < 4.78 is 10.6. The lowest BCUT2D eigenvalue weighted by atomic mass is 10.0. The monoisotopic (exact) mass is 398 g/mol. The number of benzene rings is 2. The van der Waals surface area contributed by atoms with E-state index in [-0.39, 0.29) is 23.8 Å². The van der Waals surface area contributed by atoms with Gasteiger partial charge in [-0.2, -0.15) is 0 Å². The Morgan fingerprint density at radius 3 is 2.24 bits per heavy atom. The molecule has 0 aromatic heterocycles. The van der Waals surface area contributed by atoms with Crippen molar-refractivity contribution in [3.05, 3.63) is 59.7 Å². The molecule has 0 bridgehead atoms. The van der Waals surface area contributed by atoms with Crippen LogP contribution in [0.15, 0.2) is 48.5 Å². The number of carbonyl (C=O) groups is 2. The van der Waals surface area contributed by atoms with E-state index in [4.69, 9.17) is 9.47 Å². The summed E-state index contributed by atoms with van der Waals surface area (Å²) in [7, 11) is 1.57. The molecule has 29 heavy (non-hydrogen) atoms. The van der Waals surface area contributed by atoms with E-state index in [1.807, 2.05) is 52.0 Å². The van der Waals surface area contributed by atoms with Gasteiger partial charge in [0.1, 0.15) is 17.5 Å². The van der Waals surface area contributed by atoms with Crippen LogP contribution >= 0.6 is 0 Å². The summed E-state index contributed by atoms with van der Waals surface area (Å²) >= 11 is 0. The lowest BCUT2D eigenvalue weighted by Gasteiger charge is -2.24. The van der Waals surface area contributed by atoms with E-state index in [1.54, 1.807) is 31.4 Å². The highest BCUT2D eigenvalue weighted by Gasteiger charge is 2.26. The molecule has 0 radical (unpaired) electrons. The van der Waals surface area contributed by atoms with Gasteiger partial charge < -0.3 is 20.1 Å². The molecule has 0 aliphatic carbocycles. The summed E-state index contributed by atoms with van der Waals surface area (Å²) in [6, 6.07) is 13.5. The van der Waals surface area contributed by atoms with E-state index in [1.165, 1.54) is 0 Å². The average molecular weight is 399 g/mol. The Labute approximate surface area is 172 Å². The van der Waals surface area contributed by atoms with Crippen molar-refractivity contribution in [2.45, 2.75) is 39.8 Å². The van der Waals surface area contributed by atoms with Gasteiger partial charge in [0, 0.05) is 5.56 Å². The Hall–Kier alpha value is -3.02. The number of hydrogen-bond acceptors (Lipinski definition) is 4. The number of ether oxygens (including phenoxy) is 2. The van der Waals surface area contributed by atoms with Crippen molar-refractivity contribution < 1.29 is 19.1 Å². The lowest BCUT2D eigenvalue weighted by Crippen LogP contribution is -2.50. The normalized spacial score (nSPS) is 12.8. The quantitative estimate of drug-likeness (QED) is 0.675. The molecular formula is C23H30N2O4. The first-order valence-corrected chi connectivity index (χ1v) is 9.83. The van der Waals surface area contributed by atoms with E-state index in [0.29, 0.717) is 17.9 Å². The Morgan fingerprint density at radius 1 is 0.966 bits per heavy atom. The van der Waals surface area contributed by atoms with Crippen LogP contribution in [-0.4, -0.2) is 31.6 Å². The van der Waals surface area contributed by atoms with Crippen molar-refractivity contribution in [2.75, 3.05) is 13.7 Å². The summed E-state index contributed by atoms with van der Waals surface area (Å²) in [5.74, 6) is 0.838. The van der Waals surface area contributed by atoms with E-state index in [0.717, 1.165) is 11.3 Å². The highest BCUT2D eigenvalue weighted by atomic mass is 16.5. The summed E-state index contributed by atoms with van der Waals surface area (Å²) in [5, 5.41) is 5.83. The molecule has 6 nitrogen and oxygen atoms in total. The SMILES string of the molecule is CCOc1cccc(C(C)NC(=O)C(NC(=O)c2ccc(OC)cc2)C(C)C)c1. The summed E-state index contributed by atoms with van der Waals surface area (Å²) in [6.45, 7) is 8.22. The molecule has 2 unspecified atom stereocenters. The van der Waals surface area contributed by atoms with Crippen molar-refractivity contribution >= 4 is 11.8 Å². The number of hydrogen-bond donors (Lipinski definition) is 2. The minimum atomic E-state index is -0.651. The highest BCUT2D eigenvalue weighted by molar-refractivity contribution is 5.97. The molecule has 2 amide bonds. The Kier molecular flexibility index (Phi) is 8.07. The van der Waals surface area contributed by atoms with Crippen LogP contribution in [0.2, 0.25) is 0 Å². The number of amides is 2. The number of methoxy groups -OCH3 is 1. The van der Waals surface area contributed by atoms with Crippen molar-refractivity contribution in [1.82, 2.24) is 10.6 Å². The van der Waals surface area contributed by atoms with Gasteiger partial charge in [0.25, 0.3) is 5.91 Å². The summed E-state index contributed by atoms with van der Waals surface area (Å²) in [6.07, 6.45) is 0. The van der Waals surface area contributed by atoms with Gasteiger partial charge in [-0.1, -0.05) is 26.0 Å². The maximum absolute atomic E-state index is 12.9. The zero-order valence-electron chi connectivity index (χ0n) is 17.7. The second-order valence-electron chi connectivity index (χ2n) is 7.16. The second kappa shape index (κ2) is 10.5. The third-order valence-corrected chi connectivity index (χ3v) is 4.62. The Morgan fingerprint density at radius 2 is 1.66 bits per heavy atom. The lowest BCUT2D eigenvalue weighted by molar-refractivity contribution is -0.124. The minimum absolute atomic E-state index is 0.0702. The van der Waals surface area contributed by atoms with Crippen LogP contribution in [0.3, 0.4) is 0 Å². The predicted octanol–water partition coefficient (Wildman–Crippen LogP) is 3.73. The largest absolute Gasteiger partial charge is 0.497 e. The van der Waals surface area contributed by atoms with Crippen LogP contribution in [0.25, 0.3) is 0 Å². The van der Waals surface area contributed by atoms with Gasteiger partial charge in [0.15, 0.2) is 0 Å². The molecule has 2 atom stereocenters. The van der Waals surface area contributed by atoms with Gasteiger partial charge >= 0.3 is 0 Å². The first-order chi connectivity index (χ1) is 13.8. The van der Waals surface area contributed by atoms with Gasteiger partial charge in [-0.15, -0.1) is 0 Å². The molecule has 2 aromatic rings. The first-order valence-electron chi connectivity index (χ1n) is 9.83. The molecular weight excluding hydrogens is 368 g/mol. The molecule has 0 heterocycles. The van der Waals surface area contributed by atoms with Crippen molar-refractivity contribution in [2.24, 2.45) is 5.92 Å². The van der Waals surface area contributed by atoms with Crippen LogP contribution < -0.4 is 20.1 Å². The predicted molar refractivity (Wildman–Crippen MR) is 113 cm³/mol. The van der Waals surface area contributed by atoms with Gasteiger partial charge in [0.2, 0.25) is 5.91 Å². The second-order valence-corrected chi connectivity index (χ2v) is 7.16. The third-order valence-electron chi connectivity index (χ3n) is 4.62. The highest BCUT2D eigenvalue weighted by Crippen LogP contribution is 2.20. The van der Waals surface area contributed by atoms with Crippen LogP contribution in [0.4, 0.5) is 0 Å². The molecule has 0 aliphatic rings. The van der Waals surface area contributed by atoms with Gasteiger partial charge in [-0.25, -0.2) is 0 Å². The number of carbonyl (C=O) groups excluding carboxylic acids is 2. The first kappa shape index (κ1) is 22.3. The molecule has 0 spiro atoms. The molecule has 2 aromatic carbocycles. The molecule has 0 saturated carbocycles. The van der Waals surface area contributed by atoms with Gasteiger partial charge in [0.05, 0.1) is 19.8 Å². The molecule has 0 aliphatic heterocycles. The fraction of sp³-hybridized carbons (Fsp3) is 0.391. The third kappa shape index (κ3) is 6.24. The molecule has 6 heteroatoms. The Bertz CT molecular complexity index is 818. The van der Waals surface area contributed by atoms with Gasteiger partial charge in [-0.3, -0.25) is 9.59 Å². The van der Waals surface area contributed by atoms with E-state index >= 15 is 0 Å². The van der Waals surface area contributed by atoms with E-state index in [9.17, 15) is 9.59 Å². The summed E-state index contributed by atoms with van der Waals surface area (Å²) in [4.78, 5) is 25.5. The number of rotatable bonds is 9. The van der Waals surface area contributed by atoms with Gasteiger partial charge in [-0.05, 0) is 61.7 Å². The van der Waals surface area contributed by atoms with Crippen molar-refractivity contribution in [3.8, 4) is 11.5 Å². The van der Waals surface area contributed by atoms with Crippen LogP contribution in [-0.2, 0) is 4.79 Å². The van der Waals surface area contributed by atoms with Crippen LogP contribution in [0.1, 0.15) is 49.7 Å². The zero-order chi connectivity index (χ0) is 21.4. The van der Waals surface area contributed by atoms with E-state index in [2.05, 4.69) is 10.6 Å². The maximum atomic E-state index is 12.9. The topological polar surface area (TPSA) is 76.7 Å². The van der Waals surface area contributed by atoms with Crippen LogP contribution in [0, 0.1) is 5.92 Å². The molecule has 0 fully saturated rings. The maximum Gasteiger partial charge on any atom is 0.251 e. The standard InChI is InChI=1S/C23H30N2O4/c1-6-29-20-9-7-8-18(14-20)16(4)24-23(27)21(15(2)3)25-22(26)17-10-12-19(28-5)13-11-17/h7-16,21H,6H2,1-5H3,(H,24,27)(H,25,26). The van der Waals surface area contributed by atoms with Crippen molar-refractivity contribution in [1.29, 1.82) is 0 Å². The molecule has 2 N–H and O–H groups in total. The zero-order valence-corrected chi connectivity index (χ0v) is 17.7. The number of nitrogens with one attached hydrogen (secondary N) is 2. The molecule has 0 saturated heterocycles. The van der Waals surface area contributed by atoms with Crippen LogP contribution in [0.5, 0.6) is 11.5 Å². The molecule has 2 rings (SSSR count). The summed E-state index contributed by atoms with van der Waals surface area (Å²) in [5.41, 5.74) is 1.41. The fourth-order valence-electron chi connectivity index (χ4n) is 2.93.